The Balaban J connectivity index is 1.80. The summed E-state index contributed by atoms with van der Waals surface area (Å²) in [4.78, 5) is 27.5. The van der Waals surface area contributed by atoms with Crippen LogP contribution in [0, 0.1) is 5.92 Å². The summed E-state index contributed by atoms with van der Waals surface area (Å²) in [5.41, 5.74) is 4.36. The molecule has 0 amide bonds. The van der Waals surface area contributed by atoms with Crippen LogP contribution in [0.15, 0.2) is 65.0 Å². The number of para-hydroxylation sites is 1. The molecule has 2 aromatic rings. The Labute approximate surface area is 231 Å². The number of carbonyl (C=O) groups is 2. The second-order valence-corrected chi connectivity index (χ2v) is 10.8. The molecule has 0 saturated heterocycles. The van der Waals surface area contributed by atoms with Crippen molar-refractivity contribution in [1.29, 1.82) is 0 Å². The van der Waals surface area contributed by atoms with Crippen molar-refractivity contribution in [2.24, 2.45) is 5.92 Å². The van der Waals surface area contributed by atoms with Crippen molar-refractivity contribution in [3.8, 4) is 17.2 Å². The van der Waals surface area contributed by atoms with Crippen LogP contribution in [0.2, 0.25) is 0 Å². The number of esters is 1. The monoisotopic (exact) mass is 533 g/mol. The molecule has 1 aliphatic carbocycles. The van der Waals surface area contributed by atoms with E-state index in [9.17, 15) is 9.59 Å². The lowest BCUT2D eigenvalue weighted by Gasteiger charge is -2.37. The number of nitrogens with one attached hydrogen (secondary N) is 1. The highest BCUT2D eigenvalue weighted by molar-refractivity contribution is 6.04. The summed E-state index contributed by atoms with van der Waals surface area (Å²) in [5.74, 6) is 1.06. The molecule has 0 radical (unpaired) electrons. The summed E-state index contributed by atoms with van der Waals surface area (Å²) in [6, 6.07) is 13.4. The SMILES string of the molecule is COc1ccc([C@@H]2CC(=O)C3=C(C2)NC(C)=C(C(=O)OCC(C)C)[C@H]3c2ccccc2OC(C)C)cc1OC. The number of carbonyl (C=O) groups excluding carboxylic acids is 2. The van der Waals surface area contributed by atoms with Gasteiger partial charge >= 0.3 is 5.97 Å². The zero-order valence-electron chi connectivity index (χ0n) is 23.9. The Morgan fingerprint density at radius 2 is 1.69 bits per heavy atom. The van der Waals surface area contributed by atoms with E-state index in [1.54, 1.807) is 14.2 Å². The molecule has 0 aromatic heterocycles. The van der Waals surface area contributed by atoms with Crippen LogP contribution in [-0.2, 0) is 14.3 Å². The predicted molar refractivity (Wildman–Crippen MR) is 150 cm³/mol. The summed E-state index contributed by atoms with van der Waals surface area (Å²) in [6.45, 7) is 10.1. The molecule has 0 fully saturated rings. The standard InChI is InChI=1S/C32H39NO6/c1-18(2)17-38-32(35)29-20(5)33-24-14-22(21-12-13-27(36-6)28(16-21)37-7)15-25(34)31(24)30(29)23-10-8-9-11-26(23)39-19(3)4/h8-13,16,18-19,22,30,33H,14-15,17H2,1-7H3/t22-,30+/m0/s1. The lowest BCUT2D eigenvalue weighted by Crippen LogP contribution is -2.36. The van der Waals surface area contributed by atoms with Crippen molar-refractivity contribution >= 4 is 11.8 Å². The Kier molecular flexibility index (Phi) is 8.68. The van der Waals surface area contributed by atoms with Gasteiger partial charge in [-0.15, -0.1) is 0 Å². The van der Waals surface area contributed by atoms with Gasteiger partial charge in [0, 0.05) is 29.0 Å². The fourth-order valence-corrected chi connectivity index (χ4v) is 5.36. The minimum atomic E-state index is -0.588. The zero-order chi connectivity index (χ0) is 28.3. The number of rotatable bonds is 9. The number of ketones is 1. The van der Waals surface area contributed by atoms with E-state index in [1.165, 1.54) is 0 Å². The van der Waals surface area contributed by atoms with Gasteiger partial charge in [-0.1, -0.05) is 38.1 Å². The fraction of sp³-hybridized carbons (Fsp3) is 0.438. The number of ether oxygens (including phenoxy) is 4. The highest BCUT2D eigenvalue weighted by atomic mass is 16.5. The Bertz CT molecular complexity index is 1310. The first-order chi connectivity index (χ1) is 18.6. The highest BCUT2D eigenvalue weighted by Crippen LogP contribution is 2.48. The van der Waals surface area contributed by atoms with E-state index in [-0.39, 0.29) is 23.7 Å². The quantitative estimate of drug-likeness (QED) is 0.393. The maximum atomic E-state index is 14.0. The van der Waals surface area contributed by atoms with E-state index in [1.807, 2.05) is 77.1 Å². The number of Topliss-reactive ketones (excluding diaryl/α,β-unsaturated/α-hetero) is 1. The van der Waals surface area contributed by atoms with Gasteiger partial charge < -0.3 is 24.3 Å². The van der Waals surface area contributed by atoms with Crippen LogP contribution in [-0.4, -0.2) is 38.7 Å². The molecule has 4 rings (SSSR count). The van der Waals surface area contributed by atoms with Crippen molar-refractivity contribution in [3.63, 3.8) is 0 Å². The van der Waals surface area contributed by atoms with E-state index < -0.39 is 11.9 Å². The molecule has 2 atom stereocenters. The third-order valence-electron chi connectivity index (χ3n) is 7.07. The Morgan fingerprint density at radius 3 is 2.36 bits per heavy atom. The van der Waals surface area contributed by atoms with Gasteiger partial charge in [-0.3, -0.25) is 4.79 Å². The van der Waals surface area contributed by atoms with E-state index >= 15 is 0 Å². The molecule has 0 saturated carbocycles. The van der Waals surface area contributed by atoms with Crippen LogP contribution in [0.4, 0.5) is 0 Å². The molecular weight excluding hydrogens is 494 g/mol. The lowest BCUT2D eigenvalue weighted by atomic mass is 9.71. The van der Waals surface area contributed by atoms with Crippen LogP contribution in [0.25, 0.3) is 0 Å². The molecule has 208 valence electrons. The normalized spacial score (nSPS) is 19.2. The van der Waals surface area contributed by atoms with Gasteiger partial charge in [-0.2, -0.15) is 0 Å². The molecule has 1 heterocycles. The molecule has 7 nitrogen and oxygen atoms in total. The minimum Gasteiger partial charge on any atom is -0.493 e. The van der Waals surface area contributed by atoms with E-state index in [2.05, 4.69) is 5.32 Å². The number of allylic oxidation sites excluding steroid dienone is 3. The van der Waals surface area contributed by atoms with Gasteiger partial charge in [0.2, 0.25) is 0 Å². The molecular formula is C32H39NO6. The molecule has 2 aromatic carbocycles. The molecule has 1 N–H and O–H groups in total. The van der Waals surface area contributed by atoms with Gasteiger partial charge in [0.1, 0.15) is 5.75 Å². The number of hydrogen-bond acceptors (Lipinski definition) is 7. The van der Waals surface area contributed by atoms with Gasteiger partial charge in [0.05, 0.1) is 38.4 Å². The first-order valence-electron chi connectivity index (χ1n) is 13.5. The summed E-state index contributed by atoms with van der Waals surface area (Å²) in [6.07, 6.45) is 0.859. The van der Waals surface area contributed by atoms with Gasteiger partial charge in [0.15, 0.2) is 17.3 Å². The molecule has 1 aliphatic heterocycles. The molecule has 7 heteroatoms. The lowest BCUT2D eigenvalue weighted by molar-refractivity contribution is -0.140. The summed E-state index contributed by atoms with van der Waals surface area (Å²) in [7, 11) is 3.21. The summed E-state index contributed by atoms with van der Waals surface area (Å²) >= 11 is 0. The van der Waals surface area contributed by atoms with Crippen molar-refractivity contribution < 1.29 is 28.5 Å². The fourth-order valence-electron chi connectivity index (χ4n) is 5.36. The van der Waals surface area contributed by atoms with Gasteiger partial charge in [-0.25, -0.2) is 4.79 Å². The first-order valence-corrected chi connectivity index (χ1v) is 13.5. The summed E-state index contributed by atoms with van der Waals surface area (Å²) in [5, 5.41) is 3.42. The number of methoxy groups -OCH3 is 2. The first kappa shape index (κ1) is 28.3. The molecule has 0 bridgehead atoms. The van der Waals surface area contributed by atoms with Crippen molar-refractivity contribution in [2.45, 2.75) is 65.4 Å². The number of hydrogen-bond donors (Lipinski definition) is 1. The second-order valence-electron chi connectivity index (χ2n) is 10.8. The van der Waals surface area contributed by atoms with Gasteiger partial charge in [0.25, 0.3) is 0 Å². The highest BCUT2D eigenvalue weighted by Gasteiger charge is 2.42. The van der Waals surface area contributed by atoms with Crippen LogP contribution in [0.3, 0.4) is 0 Å². The van der Waals surface area contributed by atoms with Crippen LogP contribution in [0.5, 0.6) is 17.2 Å². The maximum absolute atomic E-state index is 14.0. The van der Waals surface area contributed by atoms with Crippen molar-refractivity contribution in [3.05, 3.63) is 76.1 Å². The smallest absolute Gasteiger partial charge is 0.336 e. The van der Waals surface area contributed by atoms with Crippen molar-refractivity contribution in [1.82, 2.24) is 5.32 Å². The van der Waals surface area contributed by atoms with Gasteiger partial charge in [-0.05, 0) is 62.8 Å². The zero-order valence-corrected chi connectivity index (χ0v) is 23.9. The molecule has 39 heavy (non-hydrogen) atoms. The average Bonchev–Trinajstić information content (AvgIpc) is 2.90. The minimum absolute atomic E-state index is 0.00505. The number of dihydropyridines is 1. The molecule has 0 unspecified atom stereocenters. The van der Waals surface area contributed by atoms with Crippen LogP contribution in [0.1, 0.15) is 70.4 Å². The van der Waals surface area contributed by atoms with Crippen molar-refractivity contribution in [2.75, 3.05) is 20.8 Å². The van der Waals surface area contributed by atoms with E-state index in [4.69, 9.17) is 18.9 Å². The van der Waals surface area contributed by atoms with E-state index in [0.29, 0.717) is 53.5 Å². The topological polar surface area (TPSA) is 83.1 Å². The Hall–Kier alpha value is -3.74. The van der Waals surface area contributed by atoms with Crippen LogP contribution >= 0.6 is 0 Å². The summed E-state index contributed by atoms with van der Waals surface area (Å²) < 4.78 is 22.8. The largest absolute Gasteiger partial charge is 0.493 e. The Morgan fingerprint density at radius 1 is 0.974 bits per heavy atom. The third kappa shape index (κ3) is 5.97. The predicted octanol–water partition coefficient (Wildman–Crippen LogP) is 6.05. The maximum Gasteiger partial charge on any atom is 0.336 e. The third-order valence-corrected chi connectivity index (χ3v) is 7.07. The second kappa shape index (κ2) is 12.0. The van der Waals surface area contributed by atoms with Crippen LogP contribution < -0.4 is 19.5 Å². The van der Waals surface area contributed by atoms with E-state index in [0.717, 1.165) is 16.8 Å². The number of benzene rings is 2. The molecule has 0 spiro atoms. The molecule has 2 aliphatic rings. The average molecular weight is 534 g/mol.